The summed E-state index contributed by atoms with van der Waals surface area (Å²) < 4.78 is 0. The Hall–Kier alpha value is -0.180. The lowest BCUT2D eigenvalue weighted by molar-refractivity contribution is -0.121. The van der Waals surface area contributed by atoms with Crippen molar-refractivity contribution in [3.8, 4) is 0 Å². The SMILES string of the molecule is CC.CCCCNC(=O)CCCCCSCC. The fraction of sp³-hybridized carbons (Fsp3) is 0.929. The van der Waals surface area contributed by atoms with E-state index < -0.39 is 0 Å². The van der Waals surface area contributed by atoms with Gasteiger partial charge in [0.25, 0.3) is 0 Å². The third kappa shape index (κ3) is 18.4. The van der Waals surface area contributed by atoms with E-state index in [9.17, 15) is 4.79 Å². The second kappa shape index (κ2) is 18.2. The molecule has 0 aliphatic heterocycles. The van der Waals surface area contributed by atoms with Crippen LogP contribution < -0.4 is 5.32 Å². The van der Waals surface area contributed by atoms with Gasteiger partial charge < -0.3 is 5.32 Å². The van der Waals surface area contributed by atoms with Gasteiger partial charge in [-0.2, -0.15) is 11.8 Å². The molecule has 104 valence electrons. The summed E-state index contributed by atoms with van der Waals surface area (Å²) in [5.74, 6) is 2.68. The van der Waals surface area contributed by atoms with E-state index in [0.717, 1.165) is 25.8 Å². The minimum atomic E-state index is 0.228. The minimum absolute atomic E-state index is 0.228. The number of hydrogen-bond donors (Lipinski definition) is 1. The van der Waals surface area contributed by atoms with Crippen LogP contribution in [0.25, 0.3) is 0 Å². The van der Waals surface area contributed by atoms with Gasteiger partial charge in [-0.15, -0.1) is 0 Å². The molecule has 3 heteroatoms. The highest BCUT2D eigenvalue weighted by molar-refractivity contribution is 7.99. The van der Waals surface area contributed by atoms with Gasteiger partial charge in [-0.05, 0) is 30.8 Å². The molecule has 0 unspecified atom stereocenters. The maximum atomic E-state index is 11.3. The van der Waals surface area contributed by atoms with E-state index in [0.29, 0.717) is 6.42 Å². The van der Waals surface area contributed by atoms with E-state index in [1.54, 1.807) is 0 Å². The third-order valence-corrected chi connectivity index (χ3v) is 3.23. The molecule has 0 spiro atoms. The van der Waals surface area contributed by atoms with Gasteiger partial charge in [-0.3, -0.25) is 4.79 Å². The predicted octanol–water partition coefficient (Wildman–Crippen LogP) is 4.24. The summed E-state index contributed by atoms with van der Waals surface area (Å²) in [6, 6.07) is 0. The molecule has 1 N–H and O–H groups in total. The molecule has 0 aliphatic carbocycles. The van der Waals surface area contributed by atoms with Gasteiger partial charge in [0.1, 0.15) is 0 Å². The van der Waals surface area contributed by atoms with Crippen molar-refractivity contribution in [1.29, 1.82) is 0 Å². The van der Waals surface area contributed by atoms with Gasteiger partial charge in [0, 0.05) is 13.0 Å². The van der Waals surface area contributed by atoms with Crippen molar-refractivity contribution in [2.24, 2.45) is 0 Å². The first kappa shape index (κ1) is 19.2. The van der Waals surface area contributed by atoms with Crippen LogP contribution in [0.15, 0.2) is 0 Å². The number of amides is 1. The van der Waals surface area contributed by atoms with Crippen LogP contribution in [0.3, 0.4) is 0 Å². The summed E-state index contributed by atoms with van der Waals surface area (Å²) in [6.07, 6.45) is 6.44. The van der Waals surface area contributed by atoms with E-state index in [-0.39, 0.29) is 5.91 Å². The van der Waals surface area contributed by atoms with E-state index >= 15 is 0 Å². The molecule has 1 amide bonds. The molecule has 0 saturated carbocycles. The molecule has 17 heavy (non-hydrogen) atoms. The summed E-state index contributed by atoms with van der Waals surface area (Å²) in [7, 11) is 0. The highest BCUT2D eigenvalue weighted by Crippen LogP contribution is 2.06. The van der Waals surface area contributed by atoms with Gasteiger partial charge in [0.15, 0.2) is 0 Å². The number of thioether (sulfide) groups is 1. The molecule has 0 bridgehead atoms. The smallest absolute Gasteiger partial charge is 0.219 e. The number of carbonyl (C=O) groups excluding carboxylic acids is 1. The van der Waals surface area contributed by atoms with Crippen molar-refractivity contribution >= 4 is 17.7 Å². The maximum absolute atomic E-state index is 11.3. The van der Waals surface area contributed by atoms with Gasteiger partial charge in [-0.25, -0.2) is 0 Å². The Morgan fingerprint density at radius 2 is 1.76 bits per heavy atom. The fourth-order valence-corrected chi connectivity index (χ4v) is 2.00. The van der Waals surface area contributed by atoms with Crippen molar-refractivity contribution < 1.29 is 4.79 Å². The topological polar surface area (TPSA) is 29.1 Å². The maximum Gasteiger partial charge on any atom is 0.219 e. The zero-order valence-electron chi connectivity index (χ0n) is 12.2. The van der Waals surface area contributed by atoms with Crippen LogP contribution in [0, 0.1) is 0 Å². The summed E-state index contributed by atoms with van der Waals surface area (Å²) in [6.45, 7) is 9.17. The summed E-state index contributed by atoms with van der Waals surface area (Å²) in [4.78, 5) is 11.3. The van der Waals surface area contributed by atoms with E-state index in [2.05, 4.69) is 19.2 Å². The van der Waals surface area contributed by atoms with Crippen molar-refractivity contribution in [3.63, 3.8) is 0 Å². The second-order valence-corrected chi connectivity index (χ2v) is 5.10. The Morgan fingerprint density at radius 1 is 1.06 bits per heavy atom. The molecule has 0 saturated heterocycles. The molecule has 0 fully saturated rings. The first-order valence-corrected chi connectivity index (χ1v) is 8.31. The summed E-state index contributed by atoms with van der Waals surface area (Å²) in [5.41, 5.74) is 0. The van der Waals surface area contributed by atoms with Gasteiger partial charge in [0.2, 0.25) is 5.91 Å². The minimum Gasteiger partial charge on any atom is -0.356 e. The largest absolute Gasteiger partial charge is 0.356 e. The number of unbranched alkanes of at least 4 members (excludes halogenated alkanes) is 3. The van der Waals surface area contributed by atoms with Crippen LogP contribution in [0.4, 0.5) is 0 Å². The molecule has 0 aromatic carbocycles. The first-order chi connectivity index (χ1) is 8.31. The van der Waals surface area contributed by atoms with Crippen LogP contribution in [-0.2, 0) is 4.79 Å². The molecular weight excluding hydrogens is 230 g/mol. The molecule has 0 aromatic rings. The Labute approximate surface area is 112 Å². The molecule has 0 aliphatic rings. The van der Waals surface area contributed by atoms with Crippen LogP contribution in [0.2, 0.25) is 0 Å². The lowest BCUT2D eigenvalue weighted by Gasteiger charge is -2.03. The third-order valence-electron chi connectivity index (χ3n) is 2.25. The van der Waals surface area contributed by atoms with Crippen molar-refractivity contribution in [2.45, 2.75) is 66.2 Å². The molecule has 0 aromatic heterocycles. The van der Waals surface area contributed by atoms with E-state index in [1.807, 2.05) is 25.6 Å². The van der Waals surface area contributed by atoms with Crippen molar-refractivity contribution in [2.75, 3.05) is 18.1 Å². The Kier molecular flexibility index (Phi) is 20.5. The zero-order valence-corrected chi connectivity index (χ0v) is 13.0. The van der Waals surface area contributed by atoms with Crippen molar-refractivity contribution in [1.82, 2.24) is 5.32 Å². The average molecular weight is 261 g/mol. The number of nitrogens with one attached hydrogen (secondary N) is 1. The molecule has 0 rings (SSSR count). The number of rotatable bonds is 10. The number of hydrogen-bond acceptors (Lipinski definition) is 2. The lowest BCUT2D eigenvalue weighted by atomic mass is 10.2. The summed E-state index contributed by atoms with van der Waals surface area (Å²) in [5, 5.41) is 2.94. The standard InChI is InChI=1S/C12H25NOS.C2H6/c1-3-5-10-13-12(14)9-7-6-8-11-15-4-2;1-2/h3-11H2,1-2H3,(H,13,14);1-2H3. The molecule has 2 nitrogen and oxygen atoms in total. The molecule has 0 radical (unpaired) electrons. The van der Waals surface area contributed by atoms with Gasteiger partial charge in [0.05, 0.1) is 0 Å². The van der Waals surface area contributed by atoms with Crippen LogP contribution in [0.1, 0.15) is 66.2 Å². The second-order valence-electron chi connectivity index (χ2n) is 3.71. The summed E-state index contributed by atoms with van der Waals surface area (Å²) >= 11 is 1.98. The first-order valence-electron chi connectivity index (χ1n) is 7.15. The van der Waals surface area contributed by atoms with Gasteiger partial charge in [-0.1, -0.05) is 40.5 Å². The Morgan fingerprint density at radius 3 is 2.35 bits per heavy atom. The van der Waals surface area contributed by atoms with Crippen LogP contribution >= 0.6 is 11.8 Å². The van der Waals surface area contributed by atoms with Crippen LogP contribution in [0.5, 0.6) is 0 Å². The van der Waals surface area contributed by atoms with Gasteiger partial charge >= 0.3 is 0 Å². The number of carbonyl (C=O) groups is 1. The monoisotopic (exact) mass is 261 g/mol. The quantitative estimate of drug-likeness (QED) is 0.596. The average Bonchev–Trinajstić information content (AvgIpc) is 2.36. The highest BCUT2D eigenvalue weighted by Gasteiger charge is 1.99. The molecule has 0 atom stereocenters. The van der Waals surface area contributed by atoms with E-state index in [1.165, 1.54) is 24.3 Å². The Bertz CT molecular complexity index is 151. The molecule has 0 heterocycles. The predicted molar refractivity (Wildman–Crippen MR) is 80.7 cm³/mol. The fourth-order valence-electron chi connectivity index (χ4n) is 1.30. The normalized spacial score (nSPS) is 9.41. The highest BCUT2D eigenvalue weighted by atomic mass is 32.2. The molecular formula is C14H31NOS. The van der Waals surface area contributed by atoms with Crippen molar-refractivity contribution in [3.05, 3.63) is 0 Å². The zero-order chi connectivity index (χ0) is 13.4. The Balaban J connectivity index is 0. The van der Waals surface area contributed by atoms with Crippen LogP contribution in [-0.4, -0.2) is 24.0 Å². The van der Waals surface area contributed by atoms with E-state index in [4.69, 9.17) is 0 Å². The lowest BCUT2D eigenvalue weighted by Crippen LogP contribution is -2.23.